The van der Waals surface area contributed by atoms with Crippen LogP contribution in [0.3, 0.4) is 0 Å². The summed E-state index contributed by atoms with van der Waals surface area (Å²) in [7, 11) is 0. The molecule has 3 aliphatic rings. The van der Waals surface area contributed by atoms with Gasteiger partial charge < -0.3 is 9.15 Å². The molecule has 104 valence electrons. The second kappa shape index (κ2) is 4.28. The van der Waals surface area contributed by atoms with E-state index in [-0.39, 0.29) is 0 Å². The molecule has 0 amide bonds. The fraction of sp³-hybridized carbons (Fsp3) is 0.857. The van der Waals surface area contributed by atoms with Crippen molar-refractivity contribution in [2.24, 2.45) is 11.8 Å². The standard InChI is InChI=1S/C14H21N3O2/c1-8(2)14-16-15-13(19-14)7-17-5-9-10(6-17)12-4-3-11(9)18-12/h8-12H,3-7H2,1-2H3/t9-,10+,11-,12-/m1/s1. The Balaban J connectivity index is 1.42. The number of ether oxygens (including phenoxy) is 1. The molecule has 1 aromatic rings. The maximum absolute atomic E-state index is 6.00. The number of nitrogens with zero attached hydrogens (tertiary/aromatic N) is 3. The first kappa shape index (κ1) is 11.9. The van der Waals surface area contributed by atoms with E-state index in [1.807, 2.05) is 0 Å². The second-order valence-corrected chi connectivity index (χ2v) is 6.50. The molecule has 5 heteroatoms. The number of likely N-dealkylation sites (tertiary alicyclic amines) is 1. The van der Waals surface area contributed by atoms with Gasteiger partial charge in [-0.15, -0.1) is 10.2 Å². The van der Waals surface area contributed by atoms with Gasteiger partial charge in [-0.05, 0) is 12.8 Å². The normalized spacial score (nSPS) is 37.4. The minimum Gasteiger partial charge on any atom is -0.424 e. The van der Waals surface area contributed by atoms with Crippen LogP contribution in [0.25, 0.3) is 0 Å². The molecule has 2 bridgehead atoms. The van der Waals surface area contributed by atoms with Gasteiger partial charge in [-0.2, -0.15) is 0 Å². The summed E-state index contributed by atoms with van der Waals surface area (Å²) >= 11 is 0. The van der Waals surface area contributed by atoms with Crippen LogP contribution in [-0.2, 0) is 11.3 Å². The third-order valence-electron chi connectivity index (χ3n) is 4.86. The summed E-state index contributed by atoms with van der Waals surface area (Å²) in [6.07, 6.45) is 3.57. The van der Waals surface area contributed by atoms with Gasteiger partial charge in [0.15, 0.2) is 0 Å². The molecule has 3 saturated heterocycles. The lowest BCUT2D eigenvalue weighted by Crippen LogP contribution is -2.24. The Morgan fingerprint density at radius 1 is 1.16 bits per heavy atom. The van der Waals surface area contributed by atoms with E-state index >= 15 is 0 Å². The number of hydrogen-bond acceptors (Lipinski definition) is 5. The van der Waals surface area contributed by atoms with E-state index in [0.29, 0.717) is 18.1 Å². The highest BCUT2D eigenvalue weighted by Crippen LogP contribution is 2.47. The summed E-state index contributed by atoms with van der Waals surface area (Å²) in [5, 5.41) is 8.26. The number of rotatable bonds is 3. The summed E-state index contributed by atoms with van der Waals surface area (Å²) in [5.74, 6) is 3.30. The molecule has 3 aliphatic heterocycles. The average Bonchev–Trinajstić information content (AvgIpc) is 3.10. The highest BCUT2D eigenvalue weighted by atomic mass is 16.5. The van der Waals surface area contributed by atoms with Crippen LogP contribution < -0.4 is 0 Å². The lowest BCUT2D eigenvalue weighted by atomic mass is 9.82. The van der Waals surface area contributed by atoms with Crippen LogP contribution in [0.2, 0.25) is 0 Å². The Morgan fingerprint density at radius 3 is 2.42 bits per heavy atom. The summed E-state index contributed by atoms with van der Waals surface area (Å²) in [6.45, 7) is 7.21. The Labute approximate surface area is 113 Å². The van der Waals surface area contributed by atoms with Crippen LogP contribution in [0.5, 0.6) is 0 Å². The van der Waals surface area contributed by atoms with Crippen LogP contribution in [0, 0.1) is 11.8 Å². The first-order valence-corrected chi connectivity index (χ1v) is 7.41. The molecule has 0 unspecified atom stereocenters. The van der Waals surface area contributed by atoms with Crippen molar-refractivity contribution in [3.63, 3.8) is 0 Å². The van der Waals surface area contributed by atoms with Crippen LogP contribution in [0.15, 0.2) is 4.42 Å². The molecular weight excluding hydrogens is 242 g/mol. The lowest BCUT2D eigenvalue weighted by Gasteiger charge is -2.18. The smallest absolute Gasteiger partial charge is 0.230 e. The van der Waals surface area contributed by atoms with E-state index in [2.05, 4.69) is 28.9 Å². The van der Waals surface area contributed by atoms with Gasteiger partial charge in [0.25, 0.3) is 0 Å². The predicted molar refractivity (Wildman–Crippen MR) is 68.5 cm³/mol. The first-order valence-electron chi connectivity index (χ1n) is 7.41. The van der Waals surface area contributed by atoms with Gasteiger partial charge in [-0.3, -0.25) is 4.90 Å². The minimum absolute atomic E-state index is 0.309. The molecule has 3 fully saturated rings. The molecule has 0 radical (unpaired) electrons. The molecule has 4 atom stereocenters. The molecule has 4 rings (SSSR count). The van der Waals surface area contributed by atoms with Crippen LogP contribution >= 0.6 is 0 Å². The molecule has 0 aromatic carbocycles. The molecule has 1 aromatic heterocycles. The number of hydrogen-bond donors (Lipinski definition) is 0. The zero-order valence-electron chi connectivity index (χ0n) is 11.6. The zero-order chi connectivity index (χ0) is 13.0. The number of fused-ring (bicyclic) bond motifs is 5. The Morgan fingerprint density at radius 2 is 1.84 bits per heavy atom. The molecule has 5 nitrogen and oxygen atoms in total. The van der Waals surface area contributed by atoms with Crippen molar-refractivity contribution < 1.29 is 9.15 Å². The van der Waals surface area contributed by atoms with Crippen molar-refractivity contribution in [2.75, 3.05) is 13.1 Å². The van der Waals surface area contributed by atoms with Crippen molar-refractivity contribution >= 4 is 0 Å². The van der Waals surface area contributed by atoms with Crippen molar-refractivity contribution in [1.29, 1.82) is 0 Å². The molecule has 0 saturated carbocycles. The summed E-state index contributed by atoms with van der Waals surface area (Å²) in [4.78, 5) is 2.46. The third-order valence-corrected chi connectivity index (χ3v) is 4.86. The fourth-order valence-corrected chi connectivity index (χ4v) is 3.93. The van der Waals surface area contributed by atoms with Crippen molar-refractivity contribution in [2.45, 2.75) is 51.4 Å². The predicted octanol–water partition coefficient (Wildman–Crippen LogP) is 1.80. The van der Waals surface area contributed by atoms with Gasteiger partial charge in [0.2, 0.25) is 11.8 Å². The maximum Gasteiger partial charge on any atom is 0.230 e. The Bertz CT molecular complexity index is 455. The van der Waals surface area contributed by atoms with E-state index in [9.17, 15) is 0 Å². The van der Waals surface area contributed by atoms with Crippen molar-refractivity contribution in [3.8, 4) is 0 Å². The third kappa shape index (κ3) is 1.91. The van der Waals surface area contributed by atoms with Crippen LogP contribution in [0.1, 0.15) is 44.4 Å². The first-order chi connectivity index (χ1) is 9.20. The molecular formula is C14H21N3O2. The van der Waals surface area contributed by atoms with Gasteiger partial charge in [0.05, 0.1) is 18.8 Å². The summed E-state index contributed by atoms with van der Waals surface area (Å²) in [6, 6.07) is 0. The average molecular weight is 263 g/mol. The highest BCUT2D eigenvalue weighted by molar-refractivity contribution is 5.02. The van der Waals surface area contributed by atoms with Gasteiger partial charge >= 0.3 is 0 Å². The largest absolute Gasteiger partial charge is 0.424 e. The maximum atomic E-state index is 6.00. The number of aromatic nitrogens is 2. The van der Waals surface area contributed by atoms with E-state index < -0.39 is 0 Å². The van der Waals surface area contributed by atoms with E-state index in [1.165, 1.54) is 12.8 Å². The SMILES string of the molecule is CC(C)c1nnc(CN2C[C@@H]3[C@H](C2)[C@H]2CC[C@H]3O2)o1. The summed E-state index contributed by atoms with van der Waals surface area (Å²) in [5.41, 5.74) is 0. The second-order valence-electron chi connectivity index (χ2n) is 6.50. The highest BCUT2D eigenvalue weighted by Gasteiger charge is 2.52. The minimum atomic E-state index is 0.309. The van der Waals surface area contributed by atoms with Gasteiger partial charge in [-0.1, -0.05) is 13.8 Å². The monoisotopic (exact) mass is 263 g/mol. The Hall–Kier alpha value is -0.940. The quantitative estimate of drug-likeness (QED) is 0.832. The van der Waals surface area contributed by atoms with Gasteiger partial charge in [0, 0.05) is 30.8 Å². The molecule has 0 aliphatic carbocycles. The van der Waals surface area contributed by atoms with E-state index in [4.69, 9.17) is 9.15 Å². The zero-order valence-corrected chi connectivity index (χ0v) is 11.6. The molecule has 4 heterocycles. The van der Waals surface area contributed by atoms with Crippen LogP contribution in [-0.4, -0.2) is 40.4 Å². The summed E-state index contributed by atoms with van der Waals surface area (Å²) < 4.78 is 11.7. The van der Waals surface area contributed by atoms with Gasteiger partial charge in [-0.25, -0.2) is 0 Å². The van der Waals surface area contributed by atoms with Gasteiger partial charge in [0.1, 0.15) is 0 Å². The van der Waals surface area contributed by atoms with E-state index in [1.54, 1.807) is 0 Å². The van der Waals surface area contributed by atoms with E-state index in [0.717, 1.165) is 43.3 Å². The molecule has 19 heavy (non-hydrogen) atoms. The molecule has 0 N–H and O–H groups in total. The lowest BCUT2D eigenvalue weighted by molar-refractivity contribution is 0.0685. The topological polar surface area (TPSA) is 51.4 Å². The van der Waals surface area contributed by atoms with Crippen LogP contribution in [0.4, 0.5) is 0 Å². The fourth-order valence-electron chi connectivity index (χ4n) is 3.93. The molecule has 0 spiro atoms. The Kier molecular flexibility index (Phi) is 2.67. The van der Waals surface area contributed by atoms with Crippen molar-refractivity contribution in [3.05, 3.63) is 11.8 Å². The van der Waals surface area contributed by atoms with Crippen molar-refractivity contribution in [1.82, 2.24) is 15.1 Å².